The van der Waals surface area contributed by atoms with Crippen LogP contribution < -0.4 is 0 Å². The Balaban J connectivity index is 1.78. The molecule has 2 bridgehead atoms. The molecule has 160 valence electrons. The van der Waals surface area contributed by atoms with Crippen LogP contribution in [-0.2, 0) is 23.8 Å². The van der Waals surface area contributed by atoms with Crippen LogP contribution in [0.25, 0.3) is 0 Å². The van der Waals surface area contributed by atoms with Crippen LogP contribution in [0.15, 0.2) is 0 Å². The fraction of sp³-hybridized carbons (Fsp3) is 0.895. The maximum Gasteiger partial charge on any atom is 0.448 e. The van der Waals surface area contributed by atoms with Crippen LogP contribution >= 0.6 is 0 Å². The summed E-state index contributed by atoms with van der Waals surface area (Å²) >= 11 is 0. The number of fused-ring (bicyclic) bond motifs is 2. The highest BCUT2D eigenvalue weighted by Crippen LogP contribution is 2.61. The third kappa shape index (κ3) is 3.56. The largest absolute Gasteiger partial charge is 0.448 e. The molecule has 3 aliphatic rings. The summed E-state index contributed by atoms with van der Waals surface area (Å²) in [5.74, 6) is -7.32. The van der Waals surface area contributed by atoms with Gasteiger partial charge < -0.3 is 14.2 Å². The molecular formula is C19H26F4O5. The lowest BCUT2D eigenvalue weighted by Crippen LogP contribution is -2.47. The van der Waals surface area contributed by atoms with Crippen molar-refractivity contribution in [1.82, 2.24) is 0 Å². The highest BCUT2D eigenvalue weighted by Gasteiger charge is 2.64. The van der Waals surface area contributed by atoms with E-state index in [-0.39, 0.29) is 30.3 Å². The van der Waals surface area contributed by atoms with Gasteiger partial charge in [0.15, 0.2) is 6.79 Å². The predicted molar refractivity (Wildman–Crippen MR) is 88.2 cm³/mol. The molecule has 1 saturated heterocycles. The molecule has 28 heavy (non-hydrogen) atoms. The maximum absolute atomic E-state index is 14.8. The van der Waals surface area contributed by atoms with E-state index < -0.39 is 54.9 Å². The van der Waals surface area contributed by atoms with Gasteiger partial charge in [0, 0.05) is 13.0 Å². The second-order valence-electron chi connectivity index (χ2n) is 8.33. The summed E-state index contributed by atoms with van der Waals surface area (Å²) in [4.78, 5) is 24.0. The van der Waals surface area contributed by atoms with Crippen molar-refractivity contribution in [2.75, 3.05) is 13.4 Å². The van der Waals surface area contributed by atoms with Gasteiger partial charge in [0.2, 0.25) is 0 Å². The number of cyclic esters (lactones) is 2. The molecule has 8 atom stereocenters. The first-order valence-electron chi connectivity index (χ1n) is 9.73. The Hall–Kier alpha value is -1.22. The first-order valence-corrected chi connectivity index (χ1v) is 9.73. The van der Waals surface area contributed by atoms with E-state index in [4.69, 9.17) is 9.47 Å². The highest BCUT2D eigenvalue weighted by atomic mass is 19.4. The summed E-state index contributed by atoms with van der Waals surface area (Å²) < 4.78 is 69.0. The summed E-state index contributed by atoms with van der Waals surface area (Å²) in [6.45, 7) is 4.45. The second-order valence-corrected chi connectivity index (χ2v) is 8.33. The second kappa shape index (κ2) is 7.55. The van der Waals surface area contributed by atoms with Gasteiger partial charge in [-0.15, -0.1) is 0 Å². The number of halogens is 4. The minimum atomic E-state index is -5.19. The molecule has 1 heterocycles. The van der Waals surface area contributed by atoms with Crippen molar-refractivity contribution in [3.63, 3.8) is 0 Å². The van der Waals surface area contributed by atoms with Crippen LogP contribution in [-0.4, -0.2) is 37.4 Å². The third-order valence-electron chi connectivity index (χ3n) is 6.95. The lowest BCUT2D eigenvalue weighted by atomic mass is 9.65. The van der Waals surface area contributed by atoms with Crippen molar-refractivity contribution in [2.45, 2.75) is 52.1 Å². The lowest BCUT2D eigenvalue weighted by molar-refractivity contribution is -0.356. The zero-order valence-corrected chi connectivity index (χ0v) is 16.1. The fourth-order valence-corrected chi connectivity index (χ4v) is 5.55. The van der Waals surface area contributed by atoms with Crippen molar-refractivity contribution in [1.29, 1.82) is 0 Å². The first-order chi connectivity index (χ1) is 13.0. The molecular weight excluding hydrogens is 384 g/mol. The number of esters is 2. The van der Waals surface area contributed by atoms with Crippen LogP contribution in [0, 0.1) is 41.4 Å². The quantitative estimate of drug-likeness (QED) is 0.210. The Labute approximate surface area is 161 Å². The maximum atomic E-state index is 14.8. The van der Waals surface area contributed by atoms with Crippen LogP contribution in [0.5, 0.6) is 0 Å². The Kier molecular flexibility index (Phi) is 5.80. The number of alkyl halides is 4. The Bertz CT molecular complexity index is 624. The van der Waals surface area contributed by atoms with Gasteiger partial charge >= 0.3 is 24.0 Å². The van der Waals surface area contributed by atoms with Crippen molar-refractivity contribution < 1.29 is 41.4 Å². The monoisotopic (exact) mass is 410 g/mol. The van der Waals surface area contributed by atoms with Gasteiger partial charge in [-0.3, -0.25) is 9.59 Å². The fourth-order valence-electron chi connectivity index (χ4n) is 5.55. The average molecular weight is 410 g/mol. The SMILES string of the molecule is CCOCOC(F)(CC1CC2CC1C(C1C(=O)OC(=O)C1C)C2C)C(F)(F)F. The van der Waals surface area contributed by atoms with Crippen molar-refractivity contribution in [2.24, 2.45) is 41.4 Å². The van der Waals surface area contributed by atoms with Crippen molar-refractivity contribution >= 4 is 11.9 Å². The molecule has 5 nitrogen and oxygen atoms in total. The van der Waals surface area contributed by atoms with Gasteiger partial charge in [-0.1, -0.05) is 13.8 Å². The molecule has 0 aromatic carbocycles. The topological polar surface area (TPSA) is 61.8 Å². The summed E-state index contributed by atoms with van der Waals surface area (Å²) in [5.41, 5.74) is 0. The van der Waals surface area contributed by atoms with Crippen LogP contribution in [0.4, 0.5) is 17.6 Å². The standard InChI is InChI=1S/C19H26F4O5/c1-4-26-8-27-18(20,19(21,22)23)7-12-5-11-6-13(12)14(9(11)2)15-10(3)16(24)28-17(15)25/h9-15H,4-8H2,1-3H3. The third-order valence-corrected chi connectivity index (χ3v) is 6.95. The number of ether oxygens (including phenoxy) is 3. The van der Waals surface area contributed by atoms with E-state index in [1.807, 2.05) is 6.92 Å². The molecule has 8 unspecified atom stereocenters. The zero-order chi connectivity index (χ0) is 20.9. The molecule has 2 saturated carbocycles. The Morgan fingerprint density at radius 3 is 2.29 bits per heavy atom. The minimum absolute atomic E-state index is 0.0661. The minimum Gasteiger partial charge on any atom is -0.393 e. The molecule has 3 fully saturated rings. The van der Waals surface area contributed by atoms with Crippen LogP contribution in [0.2, 0.25) is 0 Å². The summed E-state index contributed by atoms with van der Waals surface area (Å²) in [6, 6.07) is 0. The smallest absolute Gasteiger partial charge is 0.393 e. The lowest BCUT2D eigenvalue weighted by Gasteiger charge is -2.39. The van der Waals surface area contributed by atoms with E-state index in [1.54, 1.807) is 13.8 Å². The van der Waals surface area contributed by atoms with E-state index >= 15 is 0 Å². The Morgan fingerprint density at radius 1 is 1.11 bits per heavy atom. The normalized spacial score (nSPS) is 40.0. The molecule has 2 aliphatic carbocycles. The van der Waals surface area contributed by atoms with Gasteiger partial charge in [0.25, 0.3) is 0 Å². The zero-order valence-electron chi connectivity index (χ0n) is 16.1. The number of hydrogen-bond acceptors (Lipinski definition) is 5. The highest BCUT2D eigenvalue weighted by molar-refractivity contribution is 5.96. The summed E-state index contributed by atoms with van der Waals surface area (Å²) in [5, 5.41) is 0. The number of hydrogen-bond donors (Lipinski definition) is 0. The summed E-state index contributed by atoms with van der Waals surface area (Å²) in [6.07, 6.45) is -4.95. The van der Waals surface area contributed by atoms with Gasteiger partial charge in [0.1, 0.15) is 0 Å². The molecule has 0 aromatic rings. The summed E-state index contributed by atoms with van der Waals surface area (Å²) in [7, 11) is 0. The molecule has 0 aromatic heterocycles. The van der Waals surface area contributed by atoms with Gasteiger partial charge in [-0.05, 0) is 49.4 Å². The molecule has 3 rings (SSSR count). The molecule has 0 radical (unpaired) electrons. The Morgan fingerprint density at radius 2 is 1.79 bits per heavy atom. The van der Waals surface area contributed by atoms with Gasteiger partial charge in [0.05, 0.1) is 11.8 Å². The van der Waals surface area contributed by atoms with Gasteiger partial charge in [-0.25, -0.2) is 4.39 Å². The number of rotatable bonds is 7. The van der Waals surface area contributed by atoms with Gasteiger partial charge in [-0.2, -0.15) is 13.2 Å². The van der Waals surface area contributed by atoms with Crippen LogP contribution in [0.1, 0.15) is 40.0 Å². The van der Waals surface area contributed by atoms with E-state index in [1.165, 1.54) is 0 Å². The molecule has 9 heteroatoms. The average Bonchev–Trinajstić information content (AvgIpc) is 3.20. The molecule has 0 N–H and O–H groups in total. The van der Waals surface area contributed by atoms with E-state index in [2.05, 4.69) is 4.74 Å². The first kappa shape index (κ1) is 21.5. The number of carbonyl (C=O) groups is 2. The van der Waals surface area contributed by atoms with Crippen molar-refractivity contribution in [3.8, 4) is 0 Å². The van der Waals surface area contributed by atoms with Crippen molar-refractivity contribution in [3.05, 3.63) is 0 Å². The number of carbonyl (C=O) groups excluding carboxylic acids is 2. The molecule has 0 amide bonds. The van der Waals surface area contributed by atoms with E-state index in [9.17, 15) is 27.2 Å². The predicted octanol–water partition coefficient (Wildman–Crippen LogP) is 3.86. The molecule has 1 aliphatic heterocycles. The van der Waals surface area contributed by atoms with E-state index in [0.29, 0.717) is 12.8 Å². The van der Waals surface area contributed by atoms with E-state index in [0.717, 1.165) is 0 Å². The van der Waals surface area contributed by atoms with Crippen LogP contribution in [0.3, 0.4) is 0 Å². The molecule has 0 spiro atoms.